The third kappa shape index (κ3) is 2.69. The van der Waals surface area contributed by atoms with Crippen molar-refractivity contribution in [3.63, 3.8) is 0 Å². The van der Waals surface area contributed by atoms with Gasteiger partial charge in [-0.1, -0.05) is 28.1 Å². The molecule has 1 aromatic heterocycles. The normalized spacial score (nSPS) is 16.4. The number of carbonyl (C=O) groups excluding carboxylic acids is 1. The standard InChI is InChI=1S/C16H14BrN3O4/c1-7-10(15(22)24-2)11(8-3-5-9(17)6-4-8)12-13(18-7)19-16(23)20-14(12)21/h3-6,11H,1-2H3,(H3,18,19,20,21,23)/t11-/m1/s1. The number of hydrogen-bond acceptors (Lipinski definition) is 5. The lowest BCUT2D eigenvalue weighted by Gasteiger charge is -2.28. The summed E-state index contributed by atoms with van der Waals surface area (Å²) in [5, 5.41) is 2.91. The summed E-state index contributed by atoms with van der Waals surface area (Å²) >= 11 is 3.36. The number of nitrogens with one attached hydrogen (secondary N) is 3. The molecule has 0 fully saturated rings. The maximum Gasteiger partial charge on any atom is 0.336 e. The van der Waals surface area contributed by atoms with Gasteiger partial charge in [0.2, 0.25) is 0 Å². The molecule has 8 heteroatoms. The Hall–Kier alpha value is -2.61. The van der Waals surface area contributed by atoms with E-state index in [1.165, 1.54) is 7.11 Å². The number of aromatic nitrogens is 2. The van der Waals surface area contributed by atoms with Crippen molar-refractivity contribution in [2.24, 2.45) is 0 Å². The zero-order chi connectivity index (χ0) is 17.4. The first-order chi connectivity index (χ1) is 11.4. The van der Waals surface area contributed by atoms with Gasteiger partial charge in [-0.2, -0.15) is 0 Å². The third-order valence-corrected chi connectivity index (χ3v) is 4.41. The summed E-state index contributed by atoms with van der Waals surface area (Å²) in [6.45, 7) is 1.69. The molecule has 0 bridgehead atoms. The van der Waals surface area contributed by atoms with E-state index in [0.717, 1.165) is 10.0 Å². The molecule has 0 radical (unpaired) electrons. The van der Waals surface area contributed by atoms with Crippen molar-refractivity contribution in [1.29, 1.82) is 0 Å². The average Bonchev–Trinajstić information content (AvgIpc) is 2.53. The lowest BCUT2D eigenvalue weighted by Crippen LogP contribution is -2.34. The van der Waals surface area contributed by atoms with Crippen LogP contribution in [0, 0.1) is 0 Å². The van der Waals surface area contributed by atoms with E-state index in [0.29, 0.717) is 11.3 Å². The van der Waals surface area contributed by atoms with E-state index in [-0.39, 0.29) is 11.4 Å². The van der Waals surface area contributed by atoms with Gasteiger partial charge in [-0.25, -0.2) is 9.59 Å². The molecule has 0 saturated carbocycles. The molecule has 0 aliphatic carbocycles. The maximum atomic E-state index is 12.4. The van der Waals surface area contributed by atoms with Crippen LogP contribution in [0.1, 0.15) is 24.0 Å². The fraction of sp³-hybridized carbons (Fsp3) is 0.188. The molecule has 3 rings (SSSR count). The van der Waals surface area contributed by atoms with Gasteiger partial charge in [0.25, 0.3) is 5.56 Å². The summed E-state index contributed by atoms with van der Waals surface area (Å²) in [4.78, 5) is 41.0. The van der Waals surface area contributed by atoms with Gasteiger partial charge in [-0.3, -0.25) is 14.8 Å². The predicted octanol–water partition coefficient (Wildman–Crippen LogP) is 1.83. The zero-order valence-corrected chi connectivity index (χ0v) is 14.5. The second-order valence-electron chi connectivity index (χ2n) is 5.34. The van der Waals surface area contributed by atoms with Crippen LogP contribution in [0.4, 0.5) is 5.82 Å². The quantitative estimate of drug-likeness (QED) is 0.677. The van der Waals surface area contributed by atoms with Crippen LogP contribution in [-0.2, 0) is 9.53 Å². The number of aromatic amines is 2. The van der Waals surface area contributed by atoms with Gasteiger partial charge in [-0.15, -0.1) is 0 Å². The number of esters is 1. The molecule has 0 amide bonds. The summed E-state index contributed by atoms with van der Waals surface area (Å²) in [6.07, 6.45) is 0. The first-order valence-electron chi connectivity index (χ1n) is 7.10. The number of benzene rings is 1. The van der Waals surface area contributed by atoms with E-state index in [4.69, 9.17) is 4.74 Å². The molecule has 124 valence electrons. The number of fused-ring (bicyclic) bond motifs is 1. The molecule has 0 saturated heterocycles. The minimum atomic E-state index is -0.651. The summed E-state index contributed by atoms with van der Waals surface area (Å²) in [5.74, 6) is -0.909. The molecule has 2 aromatic rings. The Balaban J connectivity index is 2.31. The number of allylic oxidation sites excluding steroid dienone is 1. The number of H-pyrrole nitrogens is 2. The molecule has 1 aliphatic rings. The summed E-state index contributed by atoms with van der Waals surface area (Å²) in [7, 11) is 1.29. The Kier molecular flexibility index (Phi) is 4.15. The highest BCUT2D eigenvalue weighted by Gasteiger charge is 2.35. The first kappa shape index (κ1) is 16.3. The molecule has 0 spiro atoms. The second-order valence-corrected chi connectivity index (χ2v) is 6.25. The summed E-state index contributed by atoms with van der Waals surface area (Å²) in [6, 6.07) is 7.26. The van der Waals surface area contributed by atoms with Gasteiger partial charge >= 0.3 is 11.7 Å². The van der Waals surface area contributed by atoms with Crippen molar-refractivity contribution >= 4 is 27.7 Å². The van der Waals surface area contributed by atoms with E-state index in [1.54, 1.807) is 6.92 Å². The van der Waals surface area contributed by atoms with E-state index in [2.05, 4.69) is 31.2 Å². The van der Waals surface area contributed by atoms with Crippen LogP contribution >= 0.6 is 15.9 Å². The van der Waals surface area contributed by atoms with E-state index >= 15 is 0 Å². The van der Waals surface area contributed by atoms with Crippen molar-refractivity contribution < 1.29 is 9.53 Å². The molecule has 1 aromatic carbocycles. The number of halogens is 1. The SMILES string of the molecule is COC(=O)C1=C(C)Nc2[nH]c(=O)[nH]c(=O)c2[C@@H]1c1ccc(Br)cc1. The molecular formula is C16H14BrN3O4. The van der Waals surface area contributed by atoms with E-state index in [1.807, 2.05) is 24.3 Å². The Morgan fingerprint density at radius 2 is 1.83 bits per heavy atom. The lowest BCUT2D eigenvalue weighted by molar-refractivity contribution is -0.136. The molecule has 7 nitrogen and oxygen atoms in total. The first-order valence-corrected chi connectivity index (χ1v) is 7.89. The van der Waals surface area contributed by atoms with Crippen molar-refractivity contribution in [2.45, 2.75) is 12.8 Å². The van der Waals surface area contributed by atoms with Crippen LogP contribution in [0.2, 0.25) is 0 Å². The van der Waals surface area contributed by atoms with Gasteiger partial charge in [0.15, 0.2) is 0 Å². The van der Waals surface area contributed by atoms with Crippen LogP contribution in [0.15, 0.2) is 49.6 Å². The fourth-order valence-corrected chi connectivity index (χ4v) is 3.12. The maximum absolute atomic E-state index is 12.4. The van der Waals surface area contributed by atoms with Crippen LogP contribution in [0.3, 0.4) is 0 Å². The van der Waals surface area contributed by atoms with Crippen molar-refractivity contribution in [2.75, 3.05) is 12.4 Å². The summed E-state index contributed by atoms with van der Waals surface area (Å²) in [5.41, 5.74) is 0.674. The lowest BCUT2D eigenvalue weighted by atomic mass is 9.82. The summed E-state index contributed by atoms with van der Waals surface area (Å²) < 4.78 is 5.76. The van der Waals surface area contributed by atoms with E-state index < -0.39 is 23.1 Å². The van der Waals surface area contributed by atoms with Crippen molar-refractivity contribution in [3.8, 4) is 0 Å². The molecule has 2 heterocycles. The monoisotopic (exact) mass is 391 g/mol. The Bertz CT molecular complexity index is 957. The number of hydrogen-bond donors (Lipinski definition) is 3. The fourth-order valence-electron chi connectivity index (χ4n) is 2.86. The minimum absolute atomic E-state index is 0.267. The molecule has 0 unspecified atom stereocenters. The van der Waals surface area contributed by atoms with E-state index in [9.17, 15) is 14.4 Å². The molecule has 3 N–H and O–H groups in total. The number of ether oxygens (including phenoxy) is 1. The Morgan fingerprint density at radius 1 is 1.17 bits per heavy atom. The number of carbonyl (C=O) groups is 1. The largest absolute Gasteiger partial charge is 0.466 e. The third-order valence-electron chi connectivity index (χ3n) is 3.88. The number of rotatable bonds is 2. The topological polar surface area (TPSA) is 104 Å². The zero-order valence-electron chi connectivity index (χ0n) is 12.9. The average molecular weight is 392 g/mol. The minimum Gasteiger partial charge on any atom is -0.466 e. The smallest absolute Gasteiger partial charge is 0.336 e. The van der Waals surface area contributed by atoms with Crippen molar-refractivity contribution in [3.05, 3.63) is 72.0 Å². The van der Waals surface area contributed by atoms with Crippen LogP contribution in [-0.4, -0.2) is 23.0 Å². The van der Waals surface area contributed by atoms with Gasteiger partial charge in [-0.05, 0) is 24.6 Å². The number of anilines is 1. The van der Waals surface area contributed by atoms with Crippen LogP contribution < -0.4 is 16.6 Å². The van der Waals surface area contributed by atoms with Gasteiger partial charge in [0.1, 0.15) is 5.82 Å². The Labute approximate surface area is 144 Å². The van der Waals surface area contributed by atoms with Gasteiger partial charge in [0, 0.05) is 10.2 Å². The predicted molar refractivity (Wildman–Crippen MR) is 92.0 cm³/mol. The highest BCUT2D eigenvalue weighted by Crippen LogP contribution is 2.39. The molecule has 24 heavy (non-hydrogen) atoms. The molecule has 1 aliphatic heterocycles. The Morgan fingerprint density at radius 3 is 2.46 bits per heavy atom. The van der Waals surface area contributed by atoms with Gasteiger partial charge < -0.3 is 10.1 Å². The molecule has 1 atom stereocenters. The van der Waals surface area contributed by atoms with Crippen molar-refractivity contribution in [1.82, 2.24) is 9.97 Å². The highest BCUT2D eigenvalue weighted by molar-refractivity contribution is 9.10. The van der Waals surface area contributed by atoms with Crippen LogP contribution in [0.5, 0.6) is 0 Å². The second kappa shape index (κ2) is 6.12. The molecular weight excluding hydrogens is 378 g/mol. The van der Waals surface area contributed by atoms with Crippen LogP contribution in [0.25, 0.3) is 0 Å². The number of methoxy groups -OCH3 is 1. The van der Waals surface area contributed by atoms with Gasteiger partial charge in [0.05, 0.1) is 24.2 Å². The highest BCUT2D eigenvalue weighted by atomic mass is 79.9.